The van der Waals surface area contributed by atoms with Crippen LogP contribution in [-0.2, 0) is 10.0 Å². The molecule has 0 aliphatic heterocycles. The highest BCUT2D eigenvalue weighted by molar-refractivity contribution is 7.89. The summed E-state index contributed by atoms with van der Waals surface area (Å²) < 4.78 is 30.1. The number of hydrogen-bond donors (Lipinski definition) is 2. The first-order valence-corrected chi connectivity index (χ1v) is 8.90. The average molecular weight is 349 g/mol. The van der Waals surface area contributed by atoms with Gasteiger partial charge in [0.1, 0.15) is 5.75 Å². The second kappa shape index (κ2) is 7.89. The van der Waals surface area contributed by atoms with Gasteiger partial charge in [0.25, 0.3) is 5.91 Å². The summed E-state index contributed by atoms with van der Waals surface area (Å²) in [5.41, 5.74) is 2.22. The molecule has 0 radical (unpaired) electrons. The number of nitrogens with zero attached hydrogens (tertiary/aromatic N) is 1. The Morgan fingerprint density at radius 1 is 1.21 bits per heavy atom. The maximum absolute atomic E-state index is 12.0. The number of nitrogens with one attached hydrogen (secondary N) is 2. The topological polar surface area (TPSA) is 97.4 Å². The molecule has 0 aliphatic carbocycles. The van der Waals surface area contributed by atoms with E-state index >= 15 is 0 Å². The first-order chi connectivity index (χ1) is 11.5. The van der Waals surface area contributed by atoms with Crippen molar-refractivity contribution in [1.29, 1.82) is 0 Å². The molecule has 0 aliphatic rings. The number of sulfonamides is 1. The van der Waals surface area contributed by atoms with Crippen molar-refractivity contribution in [2.75, 3.05) is 26.5 Å². The third kappa shape index (κ3) is 4.53. The van der Waals surface area contributed by atoms with Crippen LogP contribution in [0.25, 0.3) is 11.1 Å². The lowest BCUT2D eigenvalue weighted by Crippen LogP contribution is -2.32. The highest BCUT2D eigenvalue weighted by Gasteiger charge is 2.10. The van der Waals surface area contributed by atoms with E-state index < -0.39 is 10.0 Å². The molecule has 1 amide bonds. The van der Waals surface area contributed by atoms with Gasteiger partial charge in [0.2, 0.25) is 10.0 Å². The van der Waals surface area contributed by atoms with E-state index in [0.29, 0.717) is 11.3 Å². The lowest BCUT2D eigenvalue weighted by molar-refractivity contribution is 0.0956. The van der Waals surface area contributed by atoms with Gasteiger partial charge in [0, 0.05) is 23.9 Å². The van der Waals surface area contributed by atoms with Gasteiger partial charge in [-0.2, -0.15) is 0 Å². The smallest absolute Gasteiger partial charge is 0.251 e. The zero-order chi connectivity index (χ0) is 17.6. The lowest BCUT2D eigenvalue weighted by Gasteiger charge is -2.09. The van der Waals surface area contributed by atoms with Gasteiger partial charge in [-0.3, -0.25) is 9.78 Å². The van der Waals surface area contributed by atoms with Crippen LogP contribution in [0.3, 0.4) is 0 Å². The standard InChI is InChI=1S/C16H19N3O4S/c1-17-24(21,22)10-9-19-16(20)13-5-3-12(4-6-13)14-7-8-18-11-15(14)23-2/h3-8,11,17H,9-10H2,1-2H3,(H,19,20). The number of amides is 1. The summed E-state index contributed by atoms with van der Waals surface area (Å²) in [6.07, 6.45) is 3.29. The minimum Gasteiger partial charge on any atom is -0.494 e. The van der Waals surface area contributed by atoms with Gasteiger partial charge in [-0.25, -0.2) is 13.1 Å². The predicted octanol–water partition coefficient (Wildman–Crippen LogP) is 1.04. The number of rotatable bonds is 7. The minimum absolute atomic E-state index is 0.0436. The van der Waals surface area contributed by atoms with Crippen molar-refractivity contribution in [3.8, 4) is 16.9 Å². The van der Waals surface area contributed by atoms with Crippen LogP contribution < -0.4 is 14.8 Å². The summed E-state index contributed by atoms with van der Waals surface area (Å²) in [6, 6.07) is 8.79. The highest BCUT2D eigenvalue weighted by atomic mass is 32.2. The number of carbonyl (C=O) groups excluding carboxylic acids is 1. The molecule has 24 heavy (non-hydrogen) atoms. The number of methoxy groups -OCH3 is 1. The Kier molecular flexibility index (Phi) is 5.88. The molecule has 1 aromatic carbocycles. The molecule has 0 saturated carbocycles. The predicted molar refractivity (Wildman–Crippen MR) is 91.4 cm³/mol. The molecule has 0 atom stereocenters. The van der Waals surface area contributed by atoms with E-state index in [0.717, 1.165) is 11.1 Å². The molecule has 1 heterocycles. The summed E-state index contributed by atoms with van der Waals surface area (Å²) in [4.78, 5) is 16.0. The molecule has 0 saturated heterocycles. The van der Waals surface area contributed by atoms with E-state index in [2.05, 4.69) is 15.0 Å². The Morgan fingerprint density at radius 2 is 1.92 bits per heavy atom. The summed E-state index contributed by atoms with van der Waals surface area (Å²) >= 11 is 0. The number of ether oxygens (including phenoxy) is 1. The number of carbonyl (C=O) groups is 1. The summed E-state index contributed by atoms with van der Waals surface area (Å²) in [5, 5.41) is 2.58. The van der Waals surface area contributed by atoms with Crippen molar-refractivity contribution >= 4 is 15.9 Å². The molecule has 0 spiro atoms. The van der Waals surface area contributed by atoms with Crippen LogP contribution in [0.4, 0.5) is 0 Å². The van der Waals surface area contributed by atoms with Crippen LogP contribution in [0.2, 0.25) is 0 Å². The number of hydrogen-bond acceptors (Lipinski definition) is 5. The molecule has 2 rings (SSSR count). The van der Waals surface area contributed by atoms with Crippen LogP contribution in [-0.4, -0.2) is 45.8 Å². The summed E-state index contributed by atoms with van der Waals surface area (Å²) in [5.74, 6) is 0.156. The maximum atomic E-state index is 12.0. The zero-order valence-electron chi connectivity index (χ0n) is 13.4. The van der Waals surface area contributed by atoms with Crippen LogP contribution in [0.1, 0.15) is 10.4 Å². The Labute approximate surface area is 141 Å². The average Bonchev–Trinajstić information content (AvgIpc) is 2.61. The third-order valence-electron chi connectivity index (χ3n) is 3.43. The van der Waals surface area contributed by atoms with Gasteiger partial charge >= 0.3 is 0 Å². The van der Waals surface area contributed by atoms with Gasteiger partial charge in [-0.15, -0.1) is 0 Å². The SMILES string of the molecule is CNS(=O)(=O)CCNC(=O)c1ccc(-c2ccncc2OC)cc1. The number of pyridine rings is 1. The number of aromatic nitrogens is 1. The quantitative estimate of drug-likeness (QED) is 0.778. The van der Waals surface area contributed by atoms with Crippen molar-refractivity contribution in [3.05, 3.63) is 48.3 Å². The molecule has 0 bridgehead atoms. The molecular weight excluding hydrogens is 330 g/mol. The fraction of sp³-hybridized carbons (Fsp3) is 0.250. The highest BCUT2D eigenvalue weighted by Crippen LogP contribution is 2.28. The van der Waals surface area contributed by atoms with E-state index in [1.807, 2.05) is 6.07 Å². The molecule has 2 aromatic rings. The number of benzene rings is 1. The molecule has 0 unspecified atom stereocenters. The Balaban J connectivity index is 2.05. The maximum Gasteiger partial charge on any atom is 0.251 e. The molecule has 0 fully saturated rings. The normalized spacial score (nSPS) is 11.1. The van der Waals surface area contributed by atoms with Gasteiger partial charge < -0.3 is 10.1 Å². The molecule has 1 aromatic heterocycles. The van der Waals surface area contributed by atoms with Gasteiger partial charge in [-0.05, 0) is 30.8 Å². The first-order valence-electron chi connectivity index (χ1n) is 7.24. The van der Waals surface area contributed by atoms with Gasteiger partial charge in [0.15, 0.2) is 0 Å². The second-order valence-corrected chi connectivity index (χ2v) is 6.98. The molecular formula is C16H19N3O4S. The zero-order valence-corrected chi connectivity index (χ0v) is 14.3. The van der Waals surface area contributed by atoms with Crippen LogP contribution in [0, 0.1) is 0 Å². The summed E-state index contributed by atoms with van der Waals surface area (Å²) in [7, 11) is -0.425. The molecule has 8 heteroatoms. The Bertz CT molecular complexity index is 804. The van der Waals surface area contributed by atoms with E-state index in [4.69, 9.17) is 4.74 Å². The van der Waals surface area contributed by atoms with E-state index in [-0.39, 0.29) is 18.2 Å². The third-order valence-corrected chi connectivity index (χ3v) is 4.79. The van der Waals surface area contributed by atoms with Crippen LogP contribution in [0.5, 0.6) is 5.75 Å². The van der Waals surface area contributed by atoms with Crippen LogP contribution >= 0.6 is 0 Å². The van der Waals surface area contributed by atoms with Crippen molar-refractivity contribution in [1.82, 2.24) is 15.0 Å². The molecule has 128 valence electrons. The van der Waals surface area contributed by atoms with Crippen molar-refractivity contribution in [2.24, 2.45) is 0 Å². The van der Waals surface area contributed by atoms with Crippen LogP contribution in [0.15, 0.2) is 42.7 Å². The Hall–Kier alpha value is -2.45. The summed E-state index contributed by atoms with van der Waals surface area (Å²) in [6.45, 7) is 0.0436. The van der Waals surface area contributed by atoms with Crippen molar-refractivity contribution in [2.45, 2.75) is 0 Å². The van der Waals surface area contributed by atoms with E-state index in [1.54, 1.807) is 43.8 Å². The van der Waals surface area contributed by atoms with Crippen molar-refractivity contribution in [3.63, 3.8) is 0 Å². The van der Waals surface area contributed by atoms with E-state index in [1.165, 1.54) is 7.05 Å². The molecule has 2 N–H and O–H groups in total. The monoisotopic (exact) mass is 349 g/mol. The van der Waals surface area contributed by atoms with Gasteiger partial charge in [-0.1, -0.05) is 12.1 Å². The van der Waals surface area contributed by atoms with Crippen molar-refractivity contribution < 1.29 is 17.9 Å². The Morgan fingerprint density at radius 3 is 2.54 bits per heavy atom. The lowest BCUT2D eigenvalue weighted by atomic mass is 10.0. The largest absolute Gasteiger partial charge is 0.494 e. The minimum atomic E-state index is -3.33. The molecule has 7 nitrogen and oxygen atoms in total. The van der Waals surface area contributed by atoms with E-state index in [9.17, 15) is 13.2 Å². The fourth-order valence-corrected chi connectivity index (χ4v) is 2.66. The second-order valence-electron chi connectivity index (χ2n) is 4.93. The van der Waals surface area contributed by atoms with Gasteiger partial charge in [0.05, 0.1) is 19.1 Å². The first kappa shape index (κ1) is 17.9. The fourth-order valence-electron chi connectivity index (χ4n) is 2.09.